The average Bonchev–Trinajstić information content (AvgIpc) is 2.35. The van der Waals surface area contributed by atoms with Gasteiger partial charge in [-0.05, 0) is 43.7 Å². The van der Waals surface area contributed by atoms with Crippen LogP contribution in [0.5, 0.6) is 0 Å². The molecule has 0 aromatic carbocycles. The molecule has 0 aromatic rings. The predicted octanol–water partition coefficient (Wildman–Crippen LogP) is 2.72. The van der Waals surface area contributed by atoms with Gasteiger partial charge in [-0.3, -0.25) is 4.90 Å². The summed E-state index contributed by atoms with van der Waals surface area (Å²) in [6.07, 6.45) is 6.72. The topological polar surface area (TPSA) is 29.3 Å². The molecule has 1 aliphatic rings. The van der Waals surface area contributed by atoms with E-state index in [9.17, 15) is 0 Å². The Morgan fingerprint density at radius 1 is 1.38 bits per heavy atom. The quantitative estimate of drug-likeness (QED) is 0.698. The van der Waals surface area contributed by atoms with Crippen molar-refractivity contribution in [3.8, 4) is 0 Å². The first-order valence-electron chi connectivity index (χ1n) is 6.87. The highest BCUT2D eigenvalue weighted by molar-refractivity contribution is 7.99. The number of rotatable bonds is 7. The summed E-state index contributed by atoms with van der Waals surface area (Å²) in [6, 6.07) is 1.43. The minimum Gasteiger partial charge on any atom is -0.329 e. The van der Waals surface area contributed by atoms with Crippen molar-refractivity contribution in [2.75, 3.05) is 24.6 Å². The lowest BCUT2D eigenvalue weighted by Gasteiger charge is -2.40. The van der Waals surface area contributed by atoms with Crippen molar-refractivity contribution in [3.05, 3.63) is 0 Å². The van der Waals surface area contributed by atoms with Gasteiger partial charge in [0.05, 0.1) is 0 Å². The van der Waals surface area contributed by atoms with Crippen LogP contribution in [0, 0.1) is 0 Å². The third-order valence-electron chi connectivity index (χ3n) is 3.68. The van der Waals surface area contributed by atoms with Crippen LogP contribution in [0.2, 0.25) is 0 Å². The van der Waals surface area contributed by atoms with Crippen molar-refractivity contribution in [1.82, 2.24) is 4.90 Å². The van der Waals surface area contributed by atoms with Crippen LogP contribution in [0.1, 0.15) is 46.0 Å². The zero-order chi connectivity index (χ0) is 11.8. The first kappa shape index (κ1) is 14.3. The van der Waals surface area contributed by atoms with Crippen molar-refractivity contribution in [2.45, 2.75) is 58.0 Å². The van der Waals surface area contributed by atoms with Crippen molar-refractivity contribution >= 4 is 11.8 Å². The van der Waals surface area contributed by atoms with Gasteiger partial charge in [0.25, 0.3) is 0 Å². The van der Waals surface area contributed by atoms with Crippen LogP contribution in [0.25, 0.3) is 0 Å². The molecule has 2 N–H and O–H groups in total. The first-order chi connectivity index (χ1) is 7.83. The van der Waals surface area contributed by atoms with E-state index in [4.69, 9.17) is 5.73 Å². The lowest BCUT2D eigenvalue weighted by Crippen LogP contribution is -2.49. The van der Waals surface area contributed by atoms with Crippen molar-refractivity contribution in [1.29, 1.82) is 0 Å². The molecule has 0 saturated carbocycles. The molecule has 1 rings (SSSR count). The second-order valence-corrected chi connectivity index (χ2v) is 6.06. The van der Waals surface area contributed by atoms with Gasteiger partial charge in [0.15, 0.2) is 0 Å². The van der Waals surface area contributed by atoms with Gasteiger partial charge in [-0.2, -0.15) is 11.8 Å². The van der Waals surface area contributed by atoms with Crippen LogP contribution in [0.3, 0.4) is 0 Å². The summed E-state index contributed by atoms with van der Waals surface area (Å²) in [7, 11) is 0. The number of nitrogens with zero attached hydrogens (tertiary/aromatic N) is 1. The molecule has 1 fully saturated rings. The maximum Gasteiger partial charge on any atom is 0.0229 e. The Kier molecular flexibility index (Phi) is 7.50. The van der Waals surface area contributed by atoms with Crippen molar-refractivity contribution < 1.29 is 0 Å². The molecule has 1 heterocycles. The van der Waals surface area contributed by atoms with E-state index in [2.05, 4.69) is 18.7 Å². The molecule has 0 radical (unpaired) electrons. The lowest BCUT2D eigenvalue weighted by molar-refractivity contribution is 0.0934. The molecule has 0 spiro atoms. The summed E-state index contributed by atoms with van der Waals surface area (Å²) in [5.74, 6) is 2.50. The fourth-order valence-corrected chi connectivity index (χ4v) is 3.45. The summed E-state index contributed by atoms with van der Waals surface area (Å²) < 4.78 is 0. The fraction of sp³-hybridized carbons (Fsp3) is 1.00. The largest absolute Gasteiger partial charge is 0.329 e. The molecular formula is C13H28N2S. The Hall–Kier alpha value is 0.270. The molecule has 2 nitrogen and oxygen atoms in total. The van der Waals surface area contributed by atoms with Gasteiger partial charge >= 0.3 is 0 Å². The molecule has 2 unspecified atom stereocenters. The first-order valence-corrected chi connectivity index (χ1v) is 8.02. The van der Waals surface area contributed by atoms with E-state index >= 15 is 0 Å². The number of hydrogen-bond donors (Lipinski definition) is 1. The van der Waals surface area contributed by atoms with E-state index in [0.717, 1.165) is 12.6 Å². The van der Waals surface area contributed by atoms with Gasteiger partial charge < -0.3 is 5.73 Å². The highest BCUT2D eigenvalue weighted by Crippen LogP contribution is 2.23. The molecule has 3 heteroatoms. The summed E-state index contributed by atoms with van der Waals surface area (Å²) in [4.78, 5) is 2.69. The van der Waals surface area contributed by atoms with Gasteiger partial charge in [0.1, 0.15) is 0 Å². The second kappa shape index (κ2) is 8.37. The van der Waals surface area contributed by atoms with Crippen molar-refractivity contribution in [2.24, 2.45) is 5.73 Å². The number of nitrogens with two attached hydrogens (primary N) is 1. The number of likely N-dealkylation sites (tertiary alicyclic amines) is 1. The van der Waals surface area contributed by atoms with E-state index in [0.29, 0.717) is 6.04 Å². The maximum atomic E-state index is 5.95. The highest BCUT2D eigenvalue weighted by Gasteiger charge is 2.26. The number of piperidine rings is 1. The van der Waals surface area contributed by atoms with Crippen LogP contribution < -0.4 is 5.73 Å². The lowest BCUT2D eigenvalue weighted by atomic mass is 9.97. The third kappa shape index (κ3) is 4.27. The monoisotopic (exact) mass is 244 g/mol. The maximum absolute atomic E-state index is 5.95. The van der Waals surface area contributed by atoms with Gasteiger partial charge in [-0.25, -0.2) is 0 Å². The smallest absolute Gasteiger partial charge is 0.0229 e. The fourth-order valence-electron chi connectivity index (χ4n) is 2.72. The minimum atomic E-state index is 0.629. The van der Waals surface area contributed by atoms with E-state index in [1.165, 1.54) is 50.2 Å². The third-order valence-corrected chi connectivity index (χ3v) is 4.62. The van der Waals surface area contributed by atoms with Crippen LogP contribution in [0.15, 0.2) is 0 Å². The van der Waals surface area contributed by atoms with Crippen LogP contribution in [-0.4, -0.2) is 41.6 Å². The standard InChI is InChI=1S/C13H28N2S/c1-3-12-7-5-6-9-15(12)13(11-14)8-10-16-4-2/h12-13H,3-11,14H2,1-2H3. The molecule has 16 heavy (non-hydrogen) atoms. The van der Waals surface area contributed by atoms with Crippen LogP contribution in [-0.2, 0) is 0 Å². The Balaban J connectivity index is 2.41. The molecule has 1 saturated heterocycles. The number of thioether (sulfide) groups is 1. The zero-order valence-corrected chi connectivity index (χ0v) is 11.8. The predicted molar refractivity (Wildman–Crippen MR) is 75.1 cm³/mol. The zero-order valence-electron chi connectivity index (χ0n) is 11.0. The Morgan fingerprint density at radius 2 is 2.19 bits per heavy atom. The SMILES string of the molecule is CCSCCC(CN)N1CCCCC1CC. The van der Waals surface area contributed by atoms with Crippen LogP contribution in [0.4, 0.5) is 0 Å². The Morgan fingerprint density at radius 3 is 2.81 bits per heavy atom. The minimum absolute atomic E-state index is 0.629. The van der Waals surface area contributed by atoms with Gasteiger partial charge in [-0.15, -0.1) is 0 Å². The molecule has 0 aliphatic carbocycles. The molecule has 0 aromatic heterocycles. The molecule has 1 aliphatic heterocycles. The molecule has 96 valence electrons. The van der Waals surface area contributed by atoms with E-state index in [1.807, 2.05) is 11.8 Å². The van der Waals surface area contributed by atoms with E-state index < -0.39 is 0 Å². The normalized spacial score (nSPS) is 24.6. The summed E-state index contributed by atoms with van der Waals surface area (Å²) in [6.45, 7) is 6.66. The Labute approximate surface area is 105 Å². The van der Waals surface area contributed by atoms with Gasteiger partial charge in [-0.1, -0.05) is 20.3 Å². The van der Waals surface area contributed by atoms with E-state index in [-0.39, 0.29) is 0 Å². The number of hydrogen-bond acceptors (Lipinski definition) is 3. The van der Waals surface area contributed by atoms with Gasteiger partial charge in [0.2, 0.25) is 0 Å². The van der Waals surface area contributed by atoms with Crippen LogP contribution >= 0.6 is 11.8 Å². The average molecular weight is 244 g/mol. The molecule has 2 atom stereocenters. The molecule has 0 bridgehead atoms. The molecule has 0 amide bonds. The second-order valence-electron chi connectivity index (χ2n) is 4.67. The summed E-state index contributed by atoms with van der Waals surface area (Å²) >= 11 is 2.04. The summed E-state index contributed by atoms with van der Waals surface area (Å²) in [5, 5.41) is 0. The Bertz CT molecular complexity index is 175. The highest BCUT2D eigenvalue weighted by atomic mass is 32.2. The molecular weight excluding hydrogens is 216 g/mol. The summed E-state index contributed by atoms with van der Waals surface area (Å²) in [5.41, 5.74) is 5.95. The van der Waals surface area contributed by atoms with Gasteiger partial charge in [0, 0.05) is 18.6 Å². The van der Waals surface area contributed by atoms with E-state index in [1.54, 1.807) is 0 Å². The van der Waals surface area contributed by atoms with Crippen molar-refractivity contribution in [3.63, 3.8) is 0 Å².